The Labute approximate surface area is 201 Å². The average molecular weight is 455 g/mol. The summed E-state index contributed by atoms with van der Waals surface area (Å²) in [6, 6.07) is 27.3. The fraction of sp³-hybridized carbons (Fsp3) is 0.200. The number of aromatic hydroxyl groups is 2. The zero-order valence-corrected chi connectivity index (χ0v) is 19.6. The first-order valence-electron chi connectivity index (χ1n) is 11.5. The second-order valence-electron chi connectivity index (χ2n) is 8.41. The van der Waals surface area contributed by atoms with Gasteiger partial charge in [0.1, 0.15) is 23.0 Å². The predicted octanol–water partition coefficient (Wildman–Crippen LogP) is 6.35. The van der Waals surface area contributed by atoms with E-state index in [0.717, 1.165) is 59.4 Å². The average Bonchev–Trinajstić information content (AvgIpc) is 2.86. The van der Waals surface area contributed by atoms with Crippen LogP contribution < -0.4 is 9.47 Å². The lowest BCUT2D eigenvalue weighted by Gasteiger charge is -2.16. The van der Waals surface area contributed by atoms with Crippen molar-refractivity contribution in [3.05, 3.63) is 107 Å². The standard InChI is InChI=1S/C30H30O4/c1-33-29-15-13-23(11-9-21-5-3-7-25(31)17-21)19-27(29)28-20-24(14-16-30(28)34-2)12-10-22-6-4-8-26(32)18-22/h3-8,13-20,31-32H,9-12H2,1-2H3. The summed E-state index contributed by atoms with van der Waals surface area (Å²) in [5, 5.41) is 19.5. The first kappa shape index (κ1) is 23.2. The van der Waals surface area contributed by atoms with Gasteiger partial charge in [0.25, 0.3) is 0 Å². The van der Waals surface area contributed by atoms with Gasteiger partial charge in [0.15, 0.2) is 0 Å². The molecule has 0 aliphatic rings. The minimum absolute atomic E-state index is 0.292. The van der Waals surface area contributed by atoms with Crippen molar-refractivity contribution in [2.24, 2.45) is 0 Å². The van der Waals surface area contributed by atoms with E-state index in [1.807, 2.05) is 48.5 Å². The molecule has 4 nitrogen and oxygen atoms in total. The van der Waals surface area contributed by atoms with E-state index in [2.05, 4.69) is 24.3 Å². The zero-order valence-electron chi connectivity index (χ0n) is 19.6. The molecule has 0 aromatic heterocycles. The molecule has 34 heavy (non-hydrogen) atoms. The Kier molecular flexibility index (Phi) is 7.38. The molecule has 0 atom stereocenters. The van der Waals surface area contributed by atoms with Crippen molar-refractivity contribution in [2.75, 3.05) is 14.2 Å². The van der Waals surface area contributed by atoms with Crippen molar-refractivity contribution in [1.82, 2.24) is 0 Å². The Hall–Kier alpha value is -3.92. The minimum atomic E-state index is 0.292. The third kappa shape index (κ3) is 5.70. The van der Waals surface area contributed by atoms with Gasteiger partial charge < -0.3 is 19.7 Å². The van der Waals surface area contributed by atoms with Crippen LogP contribution >= 0.6 is 0 Å². The largest absolute Gasteiger partial charge is 0.508 e. The molecule has 4 aromatic carbocycles. The van der Waals surface area contributed by atoms with Gasteiger partial charge >= 0.3 is 0 Å². The van der Waals surface area contributed by atoms with Gasteiger partial charge in [0.05, 0.1) is 14.2 Å². The van der Waals surface area contributed by atoms with Crippen molar-refractivity contribution in [2.45, 2.75) is 25.7 Å². The molecule has 4 heteroatoms. The molecule has 0 radical (unpaired) electrons. The molecule has 0 aliphatic heterocycles. The normalized spacial score (nSPS) is 10.8. The maximum atomic E-state index is 9.74. The van der Waals surface area contributed by atoms with Gasteiger partial charge in [-0.2, -0.15) is 0 Å². The highest BCUT2D eigenvalue weighted by atomic mass is 16.5. The van der Waals surface area contributed by atoms with Crippen molar-refractivity contribution in [3.8, 4) is 34.1 Å². The van der Waals surface area contributed by atoms with Crippen LogP contribution in [0, 0.1) is 0 Å². The number of ether oxygens (including phenoxy) is 2. The molecule has 0 bridgehead atoms. The number of rotatable bonds is 9. The number of aryl methyl sites for hydroxylation is 4. The second kappa shape index (κ2) is 10.8. The number of hydrogen-bond acceptors (Lipinski definition) is 4. The highest BCUT2D eigenvalue weighted by Gasteiger charge is 2.14. The molecule has 0 saturated carbocycles. The summed E-state index contributed by atoms with van der Waals surface area (Å²) < 4.78 is 11.4. The first-order chi connectivity index (χ1) is 16.6. The van der Waals surface area contributed by atoms with Crippen molar-refractivity contribution in [3.63, 3.8) is 0 Å². The number of phenols is 2. The van der Waals surface area contributed by atoms with Gasteiger partial charge in [0, 0.05) is 11.1 Å². The van der Waals surface area contributed by atoms with Gasteiger partial charge in [-0.25, -0.2) is 0 Å². The fourth-order valence-corrected chi connectivity index (χ4v) is 4.24. The zero-order chi connectivity index (χ0) is 23.9. The maximum absolute atomic E-state index is 9.74. The summed E-state index contributed by atoms with van der Waals surface area (Å²) in [5.41, 5.74) is 6.56. The Morgan fingerprint density at radius 3 is 1.24 bits per heavy atom. The van der Waals surface area contributed by atoms with E-state index in [4.69, 9.17) is 9.47 Å². The SMILES string of the molecule is COc1ccc(CCc2cccc(O)c2)cc1-c1cc(CCc2cccc(O)c2)ccc1OC. The molecule has 0 amide bonds. The van der Waals surface area contributed by atoms with E-state index in [9.17, 15) is 10.2 Å². The van der Waals surface area contributed by atoms with Crippen molar-refractivity contribution in [1.29, 1.82) is 0 Å². The van der Waals surface area contributed by atoms with Crippen LogP contribution in [-0.4, -0.2) is 24.4 Å². The molecule has 0 heterocycles. The predicted molar refractivity (Wildman–Crippen MR) is 136 cm³/mol. The molecule has 4 aromatic rings. The summed E-state index contributed by atoms with van der Waals surface area (Å²) >= 11 is 0. The smallest absolute Gasteiger partial charge is 0.126 e. The number of hydrogen-bond donors (Lipinski definition) is 2. The Balaban J connectivity index is 1.60. The first-order valence-corrected chi connectivity index (χ1v) is 11.5. The molecular formula is C30H30O4. The minimum Gasteiger partial charge on any atom is -0.508 e. The second-order valence-corrected chi connectivity index (χ2v) is 8.41. The monoisotopic (exact) mass is 454 g/mol. The molecule has 0 aliphatic carbocycles. The lowest BCUT2D eigenvalue weighted by molar-refractivity contribution is 0.410. The topological polar surface area (TPSA) is 58.9 Å². The van der Waals surface area contributed by atoms with Gasteiger partial charge in [-0.1, -0.05) is 36.4 Å². The van der Waals surface area contributed by atoms with Gasteiger partial charge in [0.2, 0.25) is 0 Å². The summed E-state index contributed by atoms with van der Waals surface area (Å²) in [7, 11) is 3.37. The van der Waals surface area contributed by atoms with Crippen LogP contribution in [0.4, 0.5) is 0 Å². The van der Waals surface area contributed by atoms with E-state index < -0.39 is 0 Å². The van der Waals surface area contributed by atoms with Crippen LogP contribution in [0.1, 0.15) is 22.3 Å². The molecule has 0 unspecified atom stereocenters. The van der Waals surface area contributed by atoms with Crippen LogP contribution in [0.15, 0.2) is 84.9 Å². The van der Waals surface area contributed by atoms with E-state index in [1.54, 1.807) is 26.4 Å². The van der Waals surface area contributed by atoms with Crippen LogP contribution in [0.3, 0.4) is 0 Å². The van der Waals surface area contributed by atoms with Crippen LogP contribution in [0.5, 0.6) is 23.0 Å². The number of benzene rings is 4. The summed E-state index contributed by atoms with van der Waals surface area (Å²) in [4.78, 5) is 0. The van der Waals surface area contributed by atoms with Gasteiger partial charge in [-0.05, 0) is 96.5 Å². The molecular weight excluding hydrogens is 424 g/mol. The highest BCUT2D eigenvalue weighted by Crippen LogP contribution is 2.38. The summed E-state index contributed by atoms with van der Waals surface area (Å²) in [6.45, 7) is 0. The molecule has 0 fully saturated rings. The van der Waals surface area contributed by atoms with E-state index >= 15 is 0 Å². The van der Waals surface area contributed by atoms with E-state index in [-0.39, 0.29) is 0 Å². The van der Waals surface area contributed by atoms with Crippen LogP contribution in [-0.2, 0) is 25.7 Å². The van der Waals surface area contributed by atoms with Crippen molar-refractivity contribution < 1.29 is 19.7 Å². The summed E-state index contributed by atoms with van der Waals surface area (Å²) in [6.07, 6.45) is 3.36. The summed E-state index contributed by atoms with van der Waals surface area (Å²) in [5.74, 6) is 2.18. The molecule has 0 spiro atoms. The molecule has 0 saturated heterocycles. The molecule has 174 valence electrons. The van der Waals surface area contributed by atoms with Gasteiger partial charge in [-0.3, -0.25) is 0 Å². The van der Waals surface area contributed by atoms with Gasteiger partial charge in [-0.15, -0.1) is 0 Å². The van der Waals surface area contributed by atoms with Crippen LogP contribution in [0.25, 0.3) is 11.1 Å². The molecule has 2 N–H and O–H groups in total. The Bertz CT molecular complexity index is 1160. The quantitative estimate of drug-likeness (QED) is 0.309. The Morgan fingerprint density at radius 2 is 0.882 bits per heavy atom. The number of phenolic OH excluding ortho intramolecular Hbond substituents is 2. The maximum Gasteiger partial charge on any atom is 0.126 e. The third-order valence-electron chi connectivity index (χ3n) is 6.04. The highest BCUT2D eigenvalue weighted by molar-refractivity contribution is 5.77. The van der Waals surface area contributed by atoms with E-state index in [0.29, 0.717) is 11.5 Å². The van der Waals surface area contributed by atoms with Crippen molar-refractivity contribution >= 4 is 0 Å². The Morgan fingerprint density at radius 1 is 0.500 bits per heavy atom. The van der Waals surface area contributed by atoms with E-state index in [1.165, 1.54) is 11.1 Å². The molecule has 4 rings (SSSR count). The lowest BCUT2D eigenvalue weighted by Crippen LogP contribution is -1.98. The number of methoxy groups -OCH3 is 2. The fourth-order valence-electron chi connectivity index (χ4n) is 4.24. The van der Waals surface area contributed by atoms with Crippen LogP contribution in [0.2, 0.25) is 0 Å². The third-order valence-corrected chi connectivity index (χ3v) is 6.04. The lowest BCUT2D eigenvalue weighted by atomic mass is 9.95.